The predicted octanol–water partition coefficient (Wildman–Crippen LogP) is 4.38. The van der Waals surface area contributed by atoms with Gasteiger partial charge in [0.2, 0.25) is 0 Å². The van der Waals surface area contributed by atoms with E-state index in [9.17, 15) is 4.39 Å². The fourth-order valence-corrected chi connectivity index (χ4v) is 3.70. The first-order chi connectivity index (χ1) is 9.75. The Labute approximate surface area is 151 Å². The molecule has 1 saturated heterocycles. The molecule has 0 saturated carbocycles. The molecule has 2 aromatic rings. The summed E-state index contributed by atoms with van der Waals surface area (Å²) in [7, 11) is 0. The van der Waals surface area contributed by atoms with Gasteiger partial charge in [-0.15, -0.1) is 36.2 Å². The standard InChI is InChI=1S/C15H16ClFN2S.2ClH/c16-12-10-11(3-4-13(12)17)15(14-2-1-9-20-14)19-7-5-18-6-8-19;;/h1-4,9-10,15,18H,5-8H2;2*1H/t15-;;/m0../s1. The monoisotopic (exact) mass is 382 g/mol. The van der Waals surface area contributed by atoms with E-state index < -0.39 is 0 Å². The van der Waals surface area contributed by atoms with Crippen molar-refractivity contribution < 1.29 is 4.39 Å². The van der Waals surface area contributed by atoms with E-state index in [1.54, 1.807) is 17.4 Å². The van der Waals surface area contributed by atoms with Crippen LogP contribution in [0.3, 0.4) is 0 Å². The first kappa shape index (κ1) is 19.7. The molecule has 122 valence electrons. The summed E-state index contributed by atoms with van der Waals surface area (Å²) in [4.78, 5) is 3.70. The van der Waals surface area contributed by atoms with Crippen LogP contribution in [-0.2, 0) is 0 Å². The van der Waals surface area contributed by atoms with E-state index >= 15 is 0 Å². The predicted molar refractivity (Wildman–Crippen MR) is 96.5 cm³/mol. The Morgan fingerprint density at radius 1 is 1.18 bits per heavy atom. The fourth-order valence-electron chi connectivity index (χ4n) is 2.62. The van der Waals surface area contributed by atoms with Crippen molar-refractivity contribution in [3.63, 3.8) is 0 Å². The summed E-state index contributed by atoms with van der Waals surface area (Å²) in [6, 6.07) is 9.40. The third kappa shape index (κ3) is 4.34. The molecule has 1 aromatic carbocycles. The lowest BCUT2D eigenvalue weighted by Gasteiger charge is -2.34. The Morgan fingerprint density at radius 2 is 1.91 bits per heavy atom. The molecule has 0 radical (unpaired) electrons. The SMILES string of the molecule is Cl.Cl.Fc1ccc([C@@H](c2cccs2)N2CCNCC2)cc1Cl. The van der Waals surface area contributed by atoms with Gasteiger partial charge in [0.15, 0.2) is 0 Å². The van der Waals surface area contributed by atoms with Crippen LogP contribution >= 0.6 is 47.8 Å². The third-order valence-electron chi connectivity index (χ3n) is 3.59. The number of thiophene rings is 1. The molecule has 0 spiro atoms. The molecule has 1 aliphatic rings. The maximum Gasteiger partial charge on any atom is 0.141 e. The number of halogens is 4. The van der Waals surface area contributed by atoms with Crippen molar-refractivity contribution in [2.75, 3.05) is 26.2 Å². The molecular formula is C15H18Cl3FN2S. The van der Waals surface area contributed by atoms with Gasteiger partial charge < -0.3 is 5.32 Å². The molecule has 2 heterocycles. The Balaban J connectivity index is 0.00000121. The Morgan fingerprint density at radius 3 is 2.50 bits per heavy atom. The summed E-state index contributed by atoms with van der Waals surface area (Å²) in [5.41, 5.74) is 1.06. The van der Waals surface area contributed by atoms with Crippen molar-refractivity contribution in [2.24, 2.45) is 0 Å². The largest absolute Gasteiger partial charge is 0.314 e. The number of nitrogens with zero attached hydrogens (tertiary/aromatic N) is 1. The average molecular weight is 384 g/mol. The second-order valence-electron chi connectivity index (χ2n) is 4.88. The van der Waals surface area contributed by atoms with Crippen LogP contribution in [-0.4, -0.2) is 31.1 Å². The second-order valence-corrected chi connectivity index (χ2v) is 6.26. The van der Waals surface area contributed by atoms with Crippen molar-refractivity contribution in [1.82, 2.24) is 10.2 Å². The van der Waals surface area contributed by atoms with Crippen LogP contribution in [0.2, 0.25) is 5.02 Å². The van der Waals surface area contributed by atoms with Gasteiger partial charge in [0, 0.05) is 31.1 Å². The van der Waals surface area contributed by atoms with Crippen LogP contribution in [0.1, 0.15) is 16.5 Å². The third-order valence-corrected chi connectivity index (χ3v) is 4.80. The van der Waals surface area contributed by atoms with E-state index in [-0.39, 0.29) is 41.7 Å². The number of hydrogen-bond donors (Lipinski definition) is 1. The van der Waals surface area contributed by atoms with E-state index in [1.165, 1.54) is 10.9 Å². The van der Waals surface area contributed by atoms with Crippen LogP contribution in [0.5, 0.6) is 0 Å². The lowest BCUT2D eigenvalue weighted by molar-refractivity contribution is 0.200. The van der Waals surface area contributed by atoms with Crippen molar-refractivity contribution in [2.45, 2.75) is 6.04 Å². The highest BCUT2D eigenvalue weighted by Crippen LogP contribution is 2.33. The molecule has 1 fully saturated rings. The number of benzene rings is 1. The summed E-state index contributed by atoms with van der Waals surface area (Å²) < 4.78 is 13.4. The van der Waals surface area contributed by atoms with E-state index in [4.69, 9.17) is 11.6 Å². The highest BCUT2D eigenvalue weighted by Gasteiger charge is 2.25. The van der Waals surface area contributed by atoms with Crippen LogP contribution in [0, 0.1) is 5.82 Å². The van der Waals surface area contributed by atoms with Crippen LogP contribution in [0.4, 0.5) is 4.39 Å². The zero-order chi connectivity index (χ0) is 13.9. The number of hydrogen-bond acceptors (Lipinski definition) is 3. The molecular weight excluding hydrogens is 366 g/mol. The molecule has 3 rings (SSSR count). The molecule has 0 aliphatic carbocycles. The van der Waals surface area contributed by atoms with Gasteiger partial charge in [-0.05, 0) is 29.1 Å². The number of rotatable bonds is 3. The number of nitrogens with one attached hydrogen (secondary N) is 1. The fraction of sp³-hybridized carbons (Fsp3) is 0.333. The Hall–Kier alpha value is -0.360. The maximum absolute atomic E-state index is 13.4. The van der Waals surface area contributed by atoms with Crippen molar-refractivity contribution in [1.29, 1.82) is 0 Å². The number of piperazine rings is 1. The zero-order valence-electron chi connectivity index (χ0n) is 11.8. The van der Waals surface area contributed by atoms with Gasteiger partial charge in [0.25, 0.3) is 0 Å². The van der Waals surface area contributed by atoms with Crippen molar-refractivity contribution in [3.8, 4) is 0 Å². The highest BCUT2D eigenvalue weighted by molar-refractivity contribution is 7.10. The maximum atomic E-state index is 13.4. The average Bonchev–Trinajstić information content (AvgIpc) is 2.98. The van der Waals surface area contributed by atoms with E-state index in [0.29, 0.717) is 0 Å². The molecule has 2 nitrogen and oxygen atoms in total. The van der Waals surface area contributed by atoms with Gasteiger partial charge in [-0.25, -0.2) is 4.39 Å². The molecule has 0 amide bonds. The van der Waals surface area contributed by atoms with Gasteiger partial charge >= 0.3 is 0 Å². The molecule has 1 aliphatic heterocycles. The van der Waals surface area contributed by atoms with Crippen LogP contribution in [0.15, 0.2) is 35.7 Å². The van der Waals surface area contributed by atoms with Gasteiger partial charge in [-0.3, -0.25) is 4.90 Å². The topological polar surface area (TPSA) is 15.3 Å². The van der Waals surface area contributed by atoms with E-state index in [0.717, 1.165) is 31.7 Å². The van der Waals surface area contributed by atoms with Crippen LogP contribution < -0.4 is 5.32 Å². The van der Waals surface area contributed by atoms with E-state index in [2.05, 4.69) is 27.7 Å². The quantitative estimate of drug-likeness (QED) is 0.846. The normalized spacial score (nSPS) is 16.5. The molecule has 1 atom stereocenters. The lowest BCUT2D eigenvalue weighted by Crippen LogP contribution is -2.45. The summed E-state index contributed by atoms with van der Waals surface area (Å²) in [5.74, 6) is -0.361. The first-order valence-electron chi connectivity index (χ1n) is 6.69. The second kappa shape index (κ2) is 9.06. The molecule has 0 bridgehead atoms. The summed E-state index contributed by atoms with van der Waals surface area (Å²) in [6.07, 6.45) is 0. The first-order valence-corrected chi connectivity index (χ1v) is 7.94. The van der Waals surface area contributed by atoms with Gasteiger partial charge in [0.05, 0.1) is 11.1 Å². The lowest BCUT2D eigenvalue weighted by atomic mass is 10.0. The minimum Gasteiger partial charge on any atom is -0.314 e. The van der Waals surface area contributed by atoms with Crippen molar-refractivity contribution in [3.05, 3.63) is 57.0 Å². The summed E-state index contributed by atoms with van der Waals surface area (Å²) in [6.45, 7) is 3.93. The smallest absolute Gasteiger partial charge is 0.141 e. The summed E-state index contributed by atoms with van der Waals surface area (Å²) in [5, 5.41) is 5.64. The Kier molecular flexibility index (Phi) is 8.11. The van der Waals surface area contributed by atoms with Gasteiger partial charge in [-0.1, -0.05) is 23.7 Å². The molecule has 7 heteroatoms. The minimum atomic E-state index is -0.361. The zero-order valence-corrected chi connectivity index (χ0v) is 15.0. The van der Waals surface area contributed by atoms with Crippen LogP contribution in [0.25, 0.3) is 0 Å². The van der Waals surface area contributed by atoms with E-state index in [1.807, 2.05) is 6.07 Å². The van der Waals surface area contributed by atoms with Gasteiger partial charge in [-0.2, -0.15) is 0 Å². The Bertz CT molecular complexity index is 574. The molecule has 22 heavy (non-hydrogen) atoms. The minimum absolute atomic E-state index is 0. The summed E-state index contributed by atoms with van der Waals surface area (Å²) >= 11 is 7.69. The van der Waals surface area contributed by atoms with Gasteiger partial charge in [0.1, 0.15) is 5.82 Å². The van der Waals surface area contributed by atoms with Crippen molar-refractivity contribution >= 4 is 47.8 Å². The molecule has 1 aromatic heterocycles. The molecule has 0 unspecified atom stereocenters. The molecule has 1 N–H and O–H groups in total. The highest BCUT2D eigenvalue weighted by atomic mass is 35.5.